The van der Waals surface area contributed by atoms with Crippen molar-refractivity contribution in [1.29, 1.82) is 0 Å². The minimum atomic E-state index is -0.118. The molecule has 1 fully saturated rings. The lowest BCUT2D eigenvalue weighted by molar-refractivity contribution is -0.144. The van der Waals surface area contributed by atoms with Crippen LogP contribution in [0.1, 0.15) is 32.6 Å². The third-order valence-electron chi connectivity index (χ3n) is 2.79. The number of aliphatic hydroxyl groups excluding tert-OH is 1. The van der Waals surface area contributed by atoms with Gasteiger partial charge in [0, 0.05) is 13.0 Å². The Kier molecular flexibility index (Phi) is 4.22. The molecule has 1 N–H and O–H groups in total. The molecule has 13 heavy (non-hydrogen) atoms. The maximum absolute atomic E-state index is 11.2. The van der Waals surface area contributed by atoms with Crippen LogP contribution in [-0.4, -0.2) is 24.3 Å². The van der Waals surface area contributed by atoms with Crippen LogP contribution in [0.15, 0.2) is 0 Å². The summed E-state index contributed by atoms with van der Waals surface area (Å²) in [5, 5.41) is 9.03. The van der Waals surface area contributed by atoms with E-state index < -0.39 is 0 Å². The highest BCUT2D eigenvalue weighted by molar-refractivity contribution is 5.69. The van der Waals surface area contributed by atoms with Crippen molar-refractivity contribution in [1.82, 2.24) is 0 Å². The van der Waals surface area contributed by atoms with Crippen LogP contribution in [0.25, 0.3) is 0 Å². The Hall–Kier alpha value is -0.570. The van der Waals surface area contributed by atoms with E-state index in [-0.39, 0.29) is 12.6 Å². The summed E-state index contributed by atoms with van der Waals surface area (Å²) in [6.07, 6.45) is 3.74. The molecule has 0 spiro atoms. The average Bonchev–Trinajstić information content (AvgIpc) is 2.52. The first kappa shape index (κ1) is 10.5. The highest BCUT2D eigenvalue weighted by Gasteiger charge is 2.28. The summed E-state index contributed by atoms with van der Waals surface area (Å²) < 4.78 is 4.88. The van der Waals surface area contributed by atoms with E-state index in [0.29, 0.717) is 24.9 Å². The van der Waals surface area contributed by atoms with Crippen LogP contribution in [0.5, 0.6) is 0 Å². The van der Waals surface area contributed by atoms with Crippen LogP contribution in [0, 0.1) is 11.8 Å². The quantitative estimate of drug-likeness (QED) is 0.674. The summed E-state index contributed by atoms with van der Waals surface area (Å²) in [4.78, 5) is 11.2. The molecule has 0 aromatic carbocycles. The van der Waals surface area contributed by atoms with Gasteiger partial charge in [0.2, 0.25) is 0 Å². The zero-order valence-electron chi connectivity index (χ0n) is 8.16. The Labute approximate surface area is 79.1 Å². The molecule has 1 aliphatic carbocycles. The van der Waals surface area contributed by atoms with Crippen LogP contribution in [0.2, 0.25) is 0 Å². The van der Waals surface area contributed by atoms with Crippen LogP contribution in [-0.2, 0) is 9.53 Å². The van der Waals surface area contributed by atoms with E-state index in [1.807, 2.05) is 6.92 Å². The van der Waals surface area contributed by atoms with Gasteiger partial charge < -0.3 is 9.84 Å². The topological polar surface area (TPSA) is 46.5 Å². The minimum Gasteiger partial charge on any atom is -0.466 e. The Morgan fingerprint density at radius 1 is 1.46 bits per heavy atom. The average molecular weight is 186 g/mol. The summed E-state index contributed by atoms with van der Waals surface area (Å²) in [6.45, 7) is 2.48. The molecule has 0 aromatic rings. The molecular formula is C10H18O3. The lowest BCUT2D eigenvalue weighted by Gasteiger charge is -2.15. The third-order valence-corrected chi connectivity index (χ3v) is 2.79. The highest BCUT2D eigenvalue weighted by atomic mass is 16.5. The fourth-order valence-electron chi connectivity index (χ4n) is 2.06. The monoisotopic (exact) mass is 186 g/mol. The van der Waals surface area contributed by atoms with Gasteiger partial charge in [0.05, 0.1) is 6.61 Å². The molecule has 1 rings (SSSR count). The SMILES string of the molecule is CCOC(=O)C[C@H]1CCC[C@@H]1CO. The van der Waals surface area contributed by atoms with Crippen molar-refractivity contribution in [3.8, 4) is 0 Å². The van der Waals surface area contributed by atoms with Crippen molar-refractivity contribution in [3.63, 3.8) is 0 Å². The zero-order valence-corrected chi connectivity index (χ0v) is 8.16. The highest BCUT2D eigenvalue weighted by Crippen LogP contribution is 2.33. The maximum atomic E-state index is 11.2. The number of hydrogen-bond acceptors (Lipinski definition) is 3. The van der Waals surface area contributed by atoms with Gasteiger partial charge in [0.1, 0.15) is 0 Å². The molecule has 3 nitrogen and oxygen atoms in total. The Morgan fingerprint density at radius 3 is 2.77 bits per heavy atom. The normalized spacial score (nSPS) is 27.5. The van der Waals surface area contributed by atoms with E-state index in [0.717, 1.165) is 19.3 Å². The lowest BCUT2D eigenvalue weighted by atomic mass is 9.94. The van der Waals surface area contributed by atoms with Crippen molar-refractivity contribution in [2.45, 2.75) is 32.6 Å². The molecule has 0 saturated heterocycles. The number of hydrogen-bond donors (Lipinski definition) is 1. The Balaban J connectivity index is 2.30. The molecular weight excluding hydrogens is 168 g/mol. The van der Waals surface area contributed by atoms with Crippen molar-refractivity contribution >= 4 is 5.97 Å². The third kappa shape index (κ3) is 2.99. The number of carbonyl (C=O) groups is 1. The molecule has 1 aliphatic rings. The van der Waals surface area contributed by atoms with Crippen LogP contribution in [0.3, 0.4) is 0 Å². The molecule has 3 heteroatoms. The molecule has 1 saturated carbocycles. The van der Waals surface area contributed by atoms with E-state index in [2.05, 4.69) is 0 Å². The molecule has 76 valence electrons. The first-order valence-electron chi connectivity index (χ1n) is 5.04. The van der Waals surface area contributed by atoms with Gasteiger partial charge in [-0.3, -0.25) is 4.79 Å². The summed E-state index contributed by atoms with van der Waals surface area (Å²) in [5.41, 5.74) is 0. The Morgan fingerprint density at radius 2 is 2.15 bits per heavy atom. The predicted molar refractivity (Wildman–Crippen MR) is 49.2 cm³/mol. The second-order valence-electron chi connectivity index (χ2n) is 3.64. The lowest BCUT2D eigenvalue weighted by Crippen LogP contribution is -2.17. The number of rotatable bonds is 4. The van der Waals surface area contributed by atoms with Gasteiger partial charge in [0.15, 0.2) is 0 Å². The summed E-state index contributed by atoms with van der Waals surface area (Å²) in [6, 6.07) is 0. The Bertz CT molecular complexity index is 168. The molecule has 0 aliphatic heterocycles. The minimum absolute atomic E-state index is 0.118. The van der Waals surface area contributed by atoms with Gasteiger partial charge in [-0.15, -0.1) is 0 Å². The fourth-order valence-corrected chi connectivity index (χ4v) is 2.06. The van der Waals surface area contributed by atoms with Crippen LogP contribution < -0.4 is 0 Å². The van der Waals surface area contributed by atoms with Crippen LogP contribution in [0.4, 0.5) is 0 Å². The van der Waals surface area contributed by atoms with E-state index >= 15 is 0 Å². The van der Waals surface area contributed by atoms with E-state index in [4.69, 9.17) is 9.84 Å². The zero-order chi connectivity index (χ0) is 9.68. The van der Waals surface area contributed by atoms with Crippen molar-refractivity contribution in [2.75, 3.05) is 13.2 Å². The van der Waals surface area contributed by atoms with E-state index in [9.17, 15) is 4.79 Å². The summed E-state index contributed by atoms with van der Waals surface area (Å²) in [7, 11) is 0. The van der Waals surface area contributed by atoms with Gasteiger partial charge in [0.25, 0.3) is 0 Å². The van der Waals surface area contributed by atoms with E-state index in [1.165, 1.54) is 0 Å². The summed E-state index contributed by atoms with van der Waals surface area (Å²) in [5.74, 6) is 0.557. The molecule has 0 heterocycles. The van der Waals surface area contributed by atoms with Gasteiger partial charge in [-0.2, -0.15) is 0 Å². The second-order valence-corrected chi connectivity index (χ2v) is 3.64. The molecule has 0 radical (unpaired) electrons. The molecule has 0 bridgehead atoms. The fraction of sp³-hybridized carbons (Fsp3) is 0.900. The van der Waals surface area contributed by atoms with Gasteiger partial charge in [-0.25, -0.2) is 0 Å². The van der Waals surface area contributed by atoms with Crippen molar-refractivity contribution < 1.29 is 14.6 Å². The van der Waals surface area contributed by atoms with Crippen LogP contribution >= 0.6 is 0 Å². The van der Waals surface area contributed by atoms with Gasteiger partial charge in [-0.05, 0) is 31.6 Å². The second kappa shape index (κ2) is 5.22. The van der Waals surface area contributed by atoms with Gasteiger partial charge >= 0.3 is 5.97 Å². The van der Waals surface area contributed by atoms with Crippen molar-refractivity contribution in [2.24, 2.45) is 11.8 Å². The molecule has 0 amide bonds. The largest absolute Gasteiger partial charge is 0.466 e. The molecule has 2 atom stereocenters. The number of carbonyl (C=O) groups excluding carboxylic acids is 1. The number of ether oxygens (including phenoxy) is 1. The standard InChI is InChI=1S/C10H18O3/c1-2-13-10(12)6-8-4-3-5-9(8)7-11/h8-9,11H,2-7H2,1H3/t8-,9-/m1/s1. The molecule has 0 aromatic heterocycles. The van der Waals surface area contributed by atoms with Crippen molar-refractivity contribution in [3.05, 3.63) is 0 Å². The maximum Gasteiger partial charge on any atom is 0.306 e. The van der Waals surface area contributed by atoms with E-state index in [1.54, 1.807) is 0 Å². The first-order valence-corrected chi connectivity index (χ1v) is 5.04. The molecule has 0 unspecified atom stereocenters. The number of esters is 1. The predicted octanol–water partition coefficient (Wildman–Crippen LogP) is 1.35. The van der Waals surface area contributed by atoms with Gasteiger partial charge in [-0.1, -0.05) is 6.42 Å². The summed E-state index contributed by atoms with van der Waals surface area (Å²) >= 11 is 0. The number of aliphatic hydroxyl groups is 1. The smallest absolute Gasteiger partial charge is 0.306 e. The first-order chi connectivity index (χ1) is 6.27.